The minimum absolute atomic E-state index is 0.535. The molecule has 2 atom stereocenters. The number of nitrogens with one attached hydrogen (secondary N) is 1. The van der Waals surface area contributed by atoms with Crippen LogP contribution in [0.2, 0.25) is 0 Å². The Bertz CT molecular complexity index is 323. The van der Waals surface area contributed by atoms with Crippen molar-refractivity contribution in [3.63, 3.8) is 0 Å². The lowest BCUT2D eigenvalue weighted by Gasteiger charge is -2.31. The number of rotatable bonds is 6. The van der Waals surface area contributed by atoms with Crippen LogP contribution in [0, 0.1) is 5.92 Å². The minimum Gasteiger partial charge on any atom is -0.381 e. The summed E-state index contributed by atoms with van der Waals surface area (Å²) < 4.78 is 5.63. The molecule has 0 saturated carbocycles. The zero-order valence-corrected chi connectivity index (χ0v) is 11.3. The van der Waals surface area contributed by atoms with Gasteiger partial charge < -0.3 is 10.1 Å². The van der Waals surface area contributed by atoms with E-state index in [1.165, 1.54) is 24.8 Å². The van der Waals surface area contributed by atoms with E-state index in [-0.39, 0.29) is 0 Å². The molecule has 0 aliphatic carbocycles. The number of ether oxygens (including phenoxy) is 1. The Morgan fingerprint density at radius 2 is 2.28 bits per heavy atom. The van der Waals surface area contributed by atoms with Crippen LogP contribution in [0.1, 0.15) is 31.7 Å². The van der Waals surface area contributed by atoms with E-state index in [4.69, 9.17) is 4.74 Å². The summed E-state index contributed by atoms with van der Waals surface area (Å²) in [5, 5.41) is 3.69. The third-order valence-corrected chi connectivity index (χ3v) is 3.63. The van der Waals surface area contributed by atoms with Gasteiger partial charge in [0.25, 0.3) is 0 Å². The summed E-state index contributed by atoms with van der Waals surface area (Å²) in [5.74, 6) is 0.651. The average Bonchev–Trinajstić information content (AvgIpc) is 2.45. The summed E-state index contributed by atoms with van der Waals surface area (Å²) in [5.41, 5.74) is 1.36. The maximum Gasteiger partial charge on any atom is 0.0509 e. The first-order valence-electron chi connectivity index (χ1n) is 7.10. The van der Waals surface area contributed by atoms with Gasteiger partial charge in [0.15, 0.2) is 0 Å². The molecule has 2 unspecified atom stereocenters. The van der Waals surface area contributed by atoms with E-state index < -0.39 is 0 Å². The van der Waals surface area contributed by atoms with Crippen molar-refractivity contribution >= 4 is 0 Å². The Morgan fingerprint density at radius 3 is 2.94 bits per heavy atom. The summed E-state index contributed by atoms with van der Waals surface area (Å²) in [7, 11) is 0. The lowest BCUT2D eigenvalue weighted by atomic mass is 9.89. The van der Waals surface area contributed by atoms with Crippen LogP contribution >= 0.6 is 0 Å². The molecule has 0 amide bonds. The summed E-state index contributed by atoms with van der Waals surface area (Å²) >= 11 is 0. The van der Waals surface area contributed by atoms with Gasteiger partial charge in [-0.05, 0) is 55.8 Å². The molecule has 0 aromatic carbocycles. The molecule has 1 aromatic rings. The molecule has 1 saturated heterocycles. The summed E-state index contributed by atoms with van der Waals surface area (Å²) in [6, 6.07) is 4.77. The number of pyridine rings is 1. The largest absolute Gasteiger partial charge is 0.381 e. The van der Waals surface area contributed by atoms with Gasteiger partial charge in [-0.25, -0.2) is 0 Å². The van der Waals surface area contributed by atoms with Crippen LogP contribution in [-0.4, -0.2) is 30.8 Å². The highest BCUT2D eigenvalue weighted by molar-refractivity contribution is 5.11. The van der Waals surface area contributed by atoms with Gasteiger partial charge >= 0.3 is 0 Å². The van der Waals surface area contributed by atoms with Gasteiger partial charge in [0.05, 0.1) is 6.61 Å². The monoisotopic (exact) mass is 248 g/mol. The predicted octanol–water partition coefficient (Wildman–Crippen LogP) is 2.42. The van der Waals surface area contributed by atoms with Crippen molar-refractivity contribution in [1.82, 2.24) is 10.3 Å². The van der Waals surface area contributed by atoms with Gasteiger partial charge in [0, 0.05) is 25.0 Å². The topological polar surface area (TPSA) is 34.2 Å². The van der Waals surface area contributed by atoms with Crippen molar-refractivity contribution in [3.05, 3.63) is 30.1 Å². The fourth-order valence-electron chi connectivity index (χ4n) is 2.59. The van der Waals surface area contributed by atoms with E-state index in [2.05, 4.69) is 29.4 Å². The first kappa shape index (κ1) is 13.5. The van der Waals surface area contributed by atoms with Crippen LogP contribution in [0.25, 0.3) is 0 Å². The van der Waals surface area contributed by atoms with Crippen molar-refractivity contribution in [2.75, 3.05) is 19.8 Å². The fourth-order valence-corrected chi connectivity index (χ4v) is 2.59. The van der Waals surface area contributed by atoms with E-state index in [1.54, 1.807) is 0 Å². The van der Waals surface area contributed by atoms with E-state index in [9.17, 15) is 0 Å². The Balaban J connectivity index is 1.95. The summed E-state index contributed by atoms with van der Waals surface area (Å²) in [6.45, 7) is 5.15. The lowest BCUT2D eigenvalue weighted by Crippen LogP contribution is -2.42. The van der Waals surface area contributed by atoms with Crippen molar-refractivity contribution in [2.24, 2.45) is 5.92 Å². The normalized spacial score (nSPS) is 21.7. The van der Waals surface area contributed by atoms with Gasteiger partial charge in [-0.3, -0.25) is 4.98 Å². The van der Waals surface area contributed by atoms with Crippen LogP contribution in [0.15, 0.2) is 24.5 Å². The van der Waals surface area contributed by atoms with Crippen molar-refractivity contribution in [2.45, 2.75) is 38.6 Å². The SMILES string of the molecule is CCCNC(Cc1ccncc1)C1CCCOC1. The van der Waals surface area contributed by atoms with Gasteiger partial charge in [0.2, 0.25) is 0 Å². The standard InChI is InChI=1S/C15H24N2O/c1-2-7-17-15(14-4-3-10-18-12-14)11-13-5-8-16-9-6-13/h5-6,8-9,14-15,17H,2-4,7,10-12H2,1H3. The van der Waals surface area contributed by atoms with E-state index in [1.807, 2.05) is 12.4 Å². The Labute approximate surface area is 110 Å². The molecule has 18 heavy (non-hydrogen) atoms. The lowest BCUT2D eigenvalue weighted by molar-refractivity contribution is 0.0393. The quantitative estimate of drug-likeness (QED) is 0.839. The molecule has 1 aromatic heterocycles. The second-order valence-corrected chi connectivity index (χ2v) is 5.10. The molecule has 3 nitrogen and oxygen atoms in total. The number of aromatic nitrogens is 1. The van der Waals surface area contributed by atoms with Crippen LogP contribution in [-0.2, 0) is 11.2 Å². The highest BCUT2D eigenvalue weighted by atomic mass is 16.5. The van der Waals surface area contributed by atoms with Crippen molar-refractivity contribution in [1.29, 1.82) is 0 Å². The van der Waals surface area contributed by atoms with E-state index in [0.717, 1.165) is 26.2 Å². The number of nitrogens with zero attached hydrogens (tertiary/aromatic N) is 1. The van der Waals surface area contributed by atoms with Crippen LogP contribution in [0.5, 0.6) is 0 Å². The smallest absolute Gasteiger partial charge is 0.0509 e. The Morgan fingerprint density at radius 1 is 1.44 bits per heavy atom. The maximum absolute atomic E-state index is 5.63. The van der Waals surface area contributed by atoms with Gasteiger partial charge in [0.1, 0.15) is 0 Å². The summed E-state index contributed by atoms with van der Waals surface area (Å²) in [4.78, 5) is 4.08. The fraction of sp³-hybridized carbons (Fsp3) is 0.667. The molecule has 1 fully saturated rings. The molecule has 1 aliphatic rings. The third-order valence-electron chi connectivity index (χ3n) is 3.63. The molecule has 1 N–H and O–H groups in total. The van der Waals surface area contributed by atoms with Crippen LogP contribution in [0.3, 0.4) is 0 Å². The molecule has 2 heterocycles. The average molecular weight is 248 g/mol. The zero-order chi connectivity index (χ0) is 12.6. The number of hydrogen-bond acceptors (Lipinski definition) is 3. The summed E-state index contributed by atoms with van der Waals surface area (Å²) in [6.07, 6.45) is 8.50. The molecule has 2 rings (SSSR count). The Kier molecular flexibility index (Phi) is 5.62. The van der Waals surface area contributed by atoms with E-state index in [0.29, 0.717) is 12.0 Å². The van der Waals surface area contributed by atoms with E-state index >= 15 is 0 Å². The van der Waals surface area contributed by atoms with Crippen LogP contribution < -0.4 is 5.32 Å². The highest BCUT2D eigenvalue weighted by Gasteiger charge is 2.23. The second-order valence-electron chi connectivity index (χ2n) is 5.10. The van der Waals surface area contributed by atoms with Gasteiger partial charge in [-0.15, -0.1) is 0 Å². The maximum atomic E-state index is 5.63. The highest BCUT2D eigenvalue weighted by Crippen LogP contribution is 2.20. The molecule has 100 valence electrons. The molecule has 0 spiro atoms. The number of hydrogen-bond donors (Lipinski definition) is 1. The molecule has 1 aliphatic heterocycles. The first-order valence-corrected chi connectivity index (χ1v) is 7.10. The predicted molar refractivity (Wildman–Crippen MR) is 73.6 cm³/mol. The molecule has 0 bridgehead atoms. The molecule has 3 heteroatoms. The van der Waals surface area contributed by atoms with Gasteiger partial charge in [-0.2, -0.15) is 0 Å². The van der Waals surface area contributed by atoms with Crippen LogP contribution in [0.4, 0.5) is 0 Å². The van der Waals surface area contributed by atoms with Crippen molar-refractivity contribution in [3.8, 4) is 0 Å². The molecule has 0 radical (unpaired) electrons. The Hall–Kier alpha value is -0.930. The second kappa shape index (κ2) is 7.49. The first-order chi connectivity index (χ1) is 8.90. The van der Waals surface area contributed by atoms with Gasteiger partial charge in [-0.1, -0.05) is 6.92 Å². The van der Waals surface area contributed by atoms with Crippen molar-refractivity contribution < 1.29 is 4.74 Å². The zero-order valence-electron chi connectivity index (χ0n) is 11.3. The molecular weight excluding hydrogens is 224 g/mol. The minimum atomic E-state index is 0.535. The molecular formula is C15H24N2O. The third kappa shape index (κ3) is 4.07.